The highest BCUT2D eigenvalue weighted by Gasteiger charge is 2.26. The Morgan fingerprint density at radius 2 is 1.79 bits per heavy atom. The minimum absolute atomic E-state index is 0.0993. The van der Waals surface area contributed by atoms with Crippen LogP contribution < -0.4 is 4.90 Å². The van der Waals surface area contributed by atoms with Crippen molar-refractivity contribution in [2.24, 2.45) is 0 Å². The summed E-state index contributed by atoms with van der Waals surface area (Å²) in [5.74, 6) is 0. The molecule has 0 aromatic heterocycles. The van der Waals surface area contributed by atoms with Crippen molar-refractivity contribution in [3.05, 3.63) is 28.2 Å². The number of hydrogen-bond acceptors (Lipinski definition) is 3. The maximum atomic E-state index is 9.47. The number of rotatable bonds is 2. The van der Waals surface area contributed by atoms with Gasteiger partial charge in [-0.25, -0.2) is 0 Å². The SMILES string of the molecule is CC(C)(C)N1CCN(c2cc(Br)ccc2CO)CC1. The van der Waals surface area contributed by atoms with E-state index >= 15 is 0 Å². The second kappa shape index (κ2) is 5.81. The van der Waals surface area contributed by atoms with E-state index in [1.54, 1.807) is 0 Å². The Bertz CT molecular complexity index is 434. The molecule has 1 aromatic carbocycles. The molecule has 0 atom stereocenters. The lowest BCUT2D eigenvalue weighted by molar-refractivity contribution is 0.128. The van der Waals surface area contributed by atoms with E-state index in [1.807, 2.05) is 12.1 Å². The standard InChI is InChI=1S/C15H23BrN2O/c1-15(2,3)18-8-6-17(7-9-18)14-10-13(16)5-4-12(14)11-19/h4-5,10,19H,6-9,11H2,1-3H3. The van der Waals surface area contributed by atoms with Crippen LogP contribution in [0.25, 0.3) is 0 Å². The van der Waals surface area contributed by atoms with Gasteiger partial charge >= 0.3 is 0 Å². The molecule has 1 N–H and O–H groups in total. The summed E-state index contributed by atoms with van der Waals surface area (Å²) in [5.41, 5.74) is 2.40. The monoisotopic (exact) mass is 326 g/mol. The molecule has 0 radical (unpaired) electrons. The number of aliphatic hydroxyl groups excluding tert-OH is 1. The fourth-order valence-electron chi connectivity index (χ4n) is 2.58. The van der Waals surface area contributed by atoms with Gasteiger partial charge in [-0.15, -0.1) is 0 Å². The summed E-state index contributed by atoms with van der Waals surface area (Å²) in [4.78, 5) is 4.89. The van der Waals surface area contributed by atoms with Crippen molar-refractivity contribution in [1.29, 1.82) is 0 Å². The maximum Gasteiger partial charge on any atom is 0.0702 e. The zero-order valence-electron chi connectivity index (χ0n) is 12.0. The van der Waals surface area contributed by atoms with Crippen LogP contribution in [0.1, 0.15) is 26.3 Å². The molecule has 0 saturated carbocycles. The molecule has 1 aliphatic rings. The van der Waals surface area contributed by atoms with Crippen LogP contribution in [0.15, 0.2) is 22.7 Å². The first-order valence-corrected chi connectivity index (χ1v) is 7.60. The summed E-state index contributed by atoms with van der Waals surface area (Å²) < 4.78 is 1.07. The molecule has 106 valence electrons. The minimum Gasteiger partial charge on any atom is -0.392 e. The molecular formula is C15H23BrN2O. The van der Waals surface area contributed by atoms with Gasteiger partial charge in [0.15, 0.2) is 0 Å². The number of benzene rings is 1. The first-order valence-electron chi connectivity index (χ1n) is 6.81. The highest BCUT2D eigenvalue weighted by molar-refractivity contribution is 9.10. The Balaban J connectivity index is 2.11. The van der Waals surface area contributed by atoms with Crippen molar-refractivity contribution in [3.63, 3.8) is 0 Å². The van der Waals surface area contributed by atoms with Gasteiger partial charge in [0.1, 0.15) is 0 Å². The van der Waals surface area contributed by atoms with Crippen molar-refractivity contribution in [2.75, 3.05) is 31.1 Å². The van der Waals surface area contributed by atoms with Gasteiger partial charge in [-0.05, 0) is 32.9 Å². The molecule has 1 aliphatic heterocycles. The summed E-state index contributed by atoms with van der Waals surface area (Å²) in [5, 5.41) is 9.47. The molecular weight excluding hydrogens is 304 g/mol. The van der Waals surface area contributed by atoms with Gasteiger partial charge in [0.25, 0.3) is 0 Å². The van der Waals surface area contributed by atoms with E-state index in [0.717, 1.165) is 41.9 Å². The number of aliphatic hydroxyl groups is 1. The van der Waals surface area contributed by atoms with E-state index in [1.165, 1.54) is 0 Å². The van der Waals surface area contributed by atoms with E-state index < -0.39 is 0 Å². The average molecular weight is 327 g/mol. The zero-order valence-corrected chi connectivity index (χ0v) is 13.6. The van der Waals surface area contributed by atoms with Crippen LogP contribution in [-0.2, 0) is 6.61 Å². The number of anilines is 1. The first-order chi connectivity index (χ1) is 8.91. The van der Waals surface area contributed by atoms with Crippen molar-refractivity contribution >= 4 is 21.6 Å². The van der Waals surface area contributed by atoms with Gasteiger partial charge in [-0.1, -0.05) is 22.0 Å². The van der Waals surface area contributed by atoms with Gasteiger partial charge in [-0.2, -0.15) is 0 Å². The third kappa shape index (κ3) is 3.50. The smallest absolute Gasteiger partial charge is 0.0702 e. The van der Waals surface area contributed by atoms with Crippen LogP contribution in [0.4, 0.5) is 5.69 Å². The van der Waals surface area contributed by atoms with E-state index in [9.17, 15) is 5.11 Å². The molecule has 0 unspecified atom stereocenters. The van der Waals surface area contributed by atoms with Crippen molar-refractivity contribution in [1.82, 2.24) is 4.90 Å². The molecule has 4 heteroatoms. The van der Waals surface area contributed by atoms with Crippen molar-refractivity contribution in [3.8, 4) is 0 Å². The summed E-state index contributed by atoms with van der Waals surface area (Å²) in [6.07, 6.45) is 0. The Kier molecular flexibility index (Phi) is 4.54. The molecule has 3 nitrogen and oxygen atoms in total. The van der Waals surface area contributed by atoms with Crippen LogP contribution in [0.3, 0.4) is 0 Å². The van der Waals surface area contributed by atoms with Crippen LogP contribution >= 0.6 is 15.9 Å². The molecule has 1 saturated heterocycles. The Hall–Kier alpha value is -0.580. The fraction of sp³-hybridized carbons (Fsp3) is 0.600. The number of piperazine rings is 1. The maximum absolute atomic E-state index is 9.47. The largest absolute Gasteiger partial charge is 0.392 e. The van der Waals surface area contributed by atoms with Crippen LogP contribution in [-0.4, -0.2) is 41.7 Å². The molecule has 0 aliphatic carbocycles. The molecule has 19 heavy (non-hydrogen) atoms. The number of hydrogen-bond donors (Lipinski definition) is 1. The lowest BCUT2D eigenvalue weighted by Gasteiger charge is -2.43. The second-order valence-corrected chi connectivity index (χ2v) is 6.99. The first kappa shape index (κ1) is 14.8. The van der Waals surface area contributed by atoms with E-state index in [-0.39, 0.29) is 12.1 Å². The number of halogens is 1. The van der Waals surface area contributed by atoms with Gasteiger partial charge in [-0.3, -0.25) is 4.90 Å². The molecule has 2 rings (SSSR count). The summed E-state index contributed by atoms with van der Waals surface area (Å²) in [7, 11) is 0. The summed E-state index contributed by atoms with van der Waals surface area (Å²) in [6, 6.07) is 6.09. The highest BCUT2D eigenvalue weighted by atomic mass is 79.9. The molecule has 0 bridgehead atoms. The van der Waals surface area contributed by atoms with Gasteiger partial charge in [0.05, 0.1) is 6.61 Å². The van der Waals surface area contributed by atoms with E-state index in [2.05, 4.69) is 52.6 Å². The van der Waals surface area contributed by atoms with E-state index in [4.69, 9.17) is 0 Å². The van der Waals surface area contributed by atoms with Gasteiger partial charge < -0.3 is 10.0 Å². The Labute approximate surface area is 124 Å². The van der Waals surface area contributed by atoms with Crippen molar-refractivity contribution in [2.45, 2.75) is 32.9 Å². The quantitative estimate of drug-likeness (QED) is 0.905. The lowest BCUT2D eigenvalue weighted by Crippen LogP contribution is -2.53. The van der Waals surface area contributed by atoms with Crippen LogP contribution in [0.2, 0.25) is 0 Å². The third-order valence-corrected chi connectivity index (χ3v) is 4.28. The normalized spacial score (nSPS) is 17.8. The lowest BCUT2D eigenvalue weighted by atomic mass is 10.0. The van der Waals surface area contributed by atoms with E-state index in [0.29, 0.717) is 0 Å². The molecule has 1 aromatic rings. The molecule has 0 spiro atoms. The predicted octanol–water partition coefficient (Wildman–Crippen LogP) is 2.86. The molecule has 0 amide bonds. The van der Waals surface area contributed by atoms with Crippen molar-refractivity contribution < 1.29 is 5.11 Å². The highest BCUT2D eigenvalue weighted by Crippen LogP contribution is 2.27. The van der Waals surface area contributed by atoms with Crippen LogP contribution in [0, 0.1) is 0 Å². The average Bonchev–Trinajstić information content (AvgIpc) is 2.38. The van der Waals surface area contributed by atoms with Crippen LogP contribution in [0.5, 0.6) is 0 Å². The second-order valence-electron chi connectivity index (χ2n) is 6.08. The topological polar surface area (TPSA) is 26.7 Å². The summed E-state index contributed by atoms with van der Waals surface area (Å²) in [6.45, 7) is 11.1. The minimum atomic E-state index is 0.0993. The van der Waals surface area contributed by atoms with Gasteiger partial charge in [0, 0.05) is 47.4 Å². The fourth-order valence-corrected chi connectivity index (χ4v) is 2.93. The third-order valence-electron chi connectivity index (χ3n) is 3.79. The predicted molar refractivity (Wildman–Crippen MR) is 83.6 cm³/mol. The Morgan fingerprint density at radius 1 is 1.16 bits per heavy atom. The number of nitrogens with zero attached hydrogens (tertiary/aromatic N) is 2. The molecule has 1 fully saturated rings. The van der Waals surface area contributed by atoms with Gasteiger partial charge in [0.2, 0.25) is 0 Å². The molecule has 1 heterocycles. The zero-order chi connectivity index (χ0) is 14.0. The Morgan fingerprint density at radius 3 is 2.32 bits per heavy atom. The summed E-state index contributed by atoms with van der Waals surface area (Å²) >= 11 is 3.52.